The Hall–Kier alpha value is -2.82. The lowest BCUT2D eigenvalue weighted by Gasteiger charge is -2.13. The number of primary amides is 1. The molecule has 0 atom stereocenters. The first-order valence-electron chi connectivity index (χ1n) is 6.91. The molecule has 2 aromatic carbocycles. The minimum absolute atomic E-state index is 0.187. The largest absolute Gasteiger partial charge is 0.378 e. The fourth-order valence-corrected chi connectivity index (χ4v) is 1.98. The van der Waals surface area contributed by atoms with Gasteiger partial charge in [-0.15, -0.1) is 0 Å². The normalized spacial score (nSPS) is 10.1. The number of nitrogens with two attached hydrogens (primary N) is 1. The van der Waals surface area contributed by atoms with Gasteiger partial charge in [0.1, 0.15) is 0 Å². The Bertz CT molecular complexity index is 661. The molecular formula is C17H19N3O2. The fourth-order valence-electron chi connectivity index (χ4n) is 1.98. The van der Waals surface area contributed by atoms with E-state index < -0.39 is 5.91 Å². The van der Waals surface area contributed by atoms with Crippen molar-refractivity contribution in [3.8, 4) is 0 Å². The van der Waals surface area contributed by atoms with Crippen molar-refractivity contribution < 1.29 is 9.59 Å². The van der Waals surface area contributed by atoms with Crippen LogP contribution in [0.3, 0.4) is 0 Å². The molecule has 0 fully saturated rings. The van der Waals surface area contributed by atoms with Gasteiger partial charge in [0.05, 0.1) is 0 Å². The van der Waals surface area contributed by atoms with Crippen LogP contribution in [0.4, 0.5) is 5.69 Å². The number of carbonyl (C=O) groups excluding carboxylic acids is 2. The van der Waals surface area contributed by atoms with E-state index in [4.69, 9.17) is 5.73 Å². The summed E-state index contributed by atoms with van der Waals surface area (Å²) in [5.74, 6) is -0.694. The summed E-state index contributed by atoms with van der Waals surface area (Å²) in [5.41, 5.74) is 8.17. The molecule has 2 rings (SSSR count). The van der Waals surface area contributed by atoms with E-state index in [1.54, 1.807) is 24.3 Å². The first-order valence-corrected chi connectivity index (χ1v) is 6.91. The molecule has 2 aromatic rings. The average Bonchev–Trinajstić information content (AvgIpc) is 2.53. The van der Waals surface area contributed by atoms with Gasteiger partial charge < -0.3 is 16.0 Å². The lowest BCUT2D eigenvalue weighted by atomic mass is 10.1. The Morgan fingerprint density at radius 3 is 2.00 bits per heavy atom. The highest BCUT2D eigenvalue weighted by Crippen LogP contribution is 2.12. The SMILES string of the molecule is CN(C)c1ccc(CNC(=O)c2ccc(C(N)=O)cc2)cc1. The number of carbonyl (C=O) groups is 2. The summed E-state index contributed by atoms with van der Waals surface area (Å²) >= 11 is 0. The minimum atomic E-state index is -0.507. The van der Waals surface area contributed by atoms with Crippen molar-refractivity contribution in [2.24, 2.45) is 5.73 Å². The van der Waals surface area contributed by atoms with Crippen molar-refractivity contribution >= 4 is 17.5 Å². The van der Waals surface area contributed by atoms with Gasteiger partial charge in [0.2, 0.25) is 5.91 Å². The predicted molar refractivity (Wildman–Crippen MR) is 86.9 cm³/mol. The maximum Gasteiger partial charge on any atom is 0.251 e. The van der Waals surface area contributed by atoms with Crippen LogP contribution in [0.25, 0.3) is 0 Å². The molecule has 0 saturated heterocycles. The number of amides is 2. The van der Waals surface area contributed by atoms with Crippen LogP contribution in [0.15, 0.2) is 48.5 Å². The third kappa shape index (κ3) is 3.85. The standard InChI is InChI=1S/C17H19N3O2/c1-20(2)15-9-3-12(4-10-15)11-19-17(22)14-7-5-13(6-8-14)16(18)21/h3-10H,11H2,1-2H3,(H2,18,21)(H,19,22). The van der Waals surface area contributed by atoms with Crippen molar-refractivity contribution in [3.05, 3.63) is 65.2 Å². The molecule has 0 aliphatic rings. The second-order valence-corrected chi connectivity index (χ2v) is 5.19. The smallest absolute Gasteiger partial charge is 0.251 e. The quantitative estimate of drug-likeness (QED) is 0.883. The number of nitrogens with one attached hydrogen (secondary N) is 1. The van der Waals surface area contributed by atoms with E-state index >= 15 is 0 Å². The molecule has 22 heavy (non-hydrogen) atoms. The lowest BCUT2D eigenvalue weighted by Crippen LogP contribution is -2.23. The molecule has 0 heterocycles. The summed E-state index contributed by atoms with van der Waals surface area (Å²) < 4.78 is 0. The van der Waals surface area contributed by atoms with Crippen LogP contribution in [0.2, 0.25) is 0 Å². The number of anilines is 1. The second-order valence-electron chi connectivity index (χ2n) is 5.19. The zero-order chi connectivity index (χ0) is 16.1. The molecule has 0 saturated carbocycles. The van der Waals surface area contributed by atoms with Crippen molar-refractivity contribution in [3.63, 3.8) is 0 Å². The van der Waals surface area contributed by atoms with Gasteiger partial charge in [0.25, 0.3) is 5.91 Å². The molecule has 3 N–H and O–H groups in total. The highest BCUT2D eigenvalue weighted by Gasteiger charge is 2.07. The molecule has 0 bridgehead atoms. The average molecular weight is 297 g/mol. The maximum absolute atomic E-state index is 12.0. The van der Waals surface area contributed by atoms with E-state index in [1.807, 2.05) is 43.3 Å². The van der Waals surface area contributed by atoms with Crippen molar-refractivity contribution in [2.45, 2.75) is 6.54 Å². The zero-order valence-electron chi connectivity index (χ0n) is 12.7. The zero-order valence-corrected chi connectivity index (χ0v) is 12.7. The highest BCUT2D eigenvalue weighted by molar-refractivity contribution is 5.97. The molecule has 0 radical (unpaired) electrons. The van der Waals surface area contributed by atoms with Crippen molar-refractivity contribution in [1.82, 2.24) is 5.32 Å². The van der Waals surface area contributed by atoms with Gasteiger partial charge in [0, 0.05) is 37.5 Å². The van der Waals surface area contributed by atoms with Crippen LogP contribution in [0.5, 0.6) is 0 Å². The van der Waals surface area contributed by atoms with E-state index in [9.17, 15) is 9.59 Å². The molecule has 0 unspecified atom stereocenters. The van der Waals surface area contributed by atoms with Gasteiger partial charge in [-0.05, 0) is 42.0 Å². The van der Waals surface area contributed by atoms with E-state index in [1.165, 1.54) is 0 Å². The van der Waals surface area contributed by atoms with Crippen LogP contribution in [0.1, 0.15) is 26.3 Å². The maximum atomic E-state index is 12.0. The molecule has 5 heteroatoms. The minimum Gasteiger partial charge on any atom is -0.378 e. The molecule has 0 aliphatic carbocycles. The number of hydrogen-bond donors (Lipinski definition) is 2. The third-order valence-corrected chi connectivity index (χ3v) is 3.34. The Balaban J connectivity index is 1.96. The van der Waals surface area contributed by atoms with Crippen LogP contribution in [-0.4, -0.2) is 25.9 Å². The van der Waals surface area contributed by atoms with E-state index in [0.29, 0.717) is 17.7 Å². The summed E-state index contributed by atoms with van der Waals surface area (Å²) in [4.78, 5) is 25.0. The number of benzene rings is 2. The summed E-state index contributed by atoms with van der Waals surface area (Å²) in [6.45, 7) is 0.449. The van der Waals surface area contributed by atoms with Gasteiger partial charge in [-0.3, -0.25) is 9.59 Å². The first-order chi connectivity index (χ1) is 10.5. The van der Waals surface area contributed by atoms with Gasteiger partial charge in [-0.1, -0.05) is 12.1 Å². The van der Waals surface area contributed by atoms with Gasteiger partial charge in [-0.25, -0.2) is 0 Å². The molecule has 2 amide bonds. The first kappa shape index (κ1) is 15.6. The fraction of sp³-hybridized carbons (Fsp3) is 0.176. The number of rotatable bonds is 5. The highest BCUT2D eigenvalue weighted by atomic mass is 16.2. The number of hydrogen-bond acceptors (Lipinski definition) is 3. The molecule has 0 aromatic heterocycles. The molecule has 0 spiro atoms. The Morgan fingerprint density at radius 2 is 1.50 bits per heavy atom. The van der Waals surface area contributed by atoms with Crippen LogP contribution in [0, 0.1) is 0 Å². The van der Waals surface area contributed by atoms with E-state index in [2.05, 4.69) is 5.32 Å². The Kier molecular flexibility index (Phi) is 4.78. The van der Waals surface area contributed by atoms with Crippen LogP contribution in [-0.2, 0) is 6.54 Å². The molecule has 0 aliphatic heterocycles. The predicted octanol–water partition coefficient (Wildman–Crippen LogP) is 1.78. The second kappa shape index (κ2) is 6.76. The van der Waals surface area contributed by atoms with Crippen molar-refractivity contribution in [2.75, 3.05) is 19.0 Å². The lowest BCUT2D eigenvalue weighted by molar-refractivity contribution is 0.0948. The van der Waals surface area contributed by atoms with Crippen LogP contribution >= 0.6 is 0 Å². The molecule has 114 valence electrons. The van der Waals surface area contributed by atoms with Gasteiger partial charge in [0.15, 0.2) is 0 Å². The van der Waals surface area contributed by atoms with Gasteiger partial charge in [-0.2, -0.15) is 0 Å². The summed E-state index contributed by atoms with van der Waals surface area (Å²) in [5, 5.41) is 2.84. The summed E-state index contributed by atoms with van der Waals surface area (Å²) in [6, 6.07) is 14.2. The molecular weight excluding hydrogens is 278 g/mol. The monoisotopic (exact) mass is 297 g/mol. The summed E-state index contributed by atoms with van der Waals surface area (Å²) in [7, 11) is 3.96. The van der Waals surface area contributed by atoms with Gasteiger partial charge >= 0.3 is 0 Å². The molecule has 5 nitrogen and oxygen atoms in total. The summed E-state index contributed by atoms with van der Waals surface area (Å²) in [6.07, 6.45) is 0. The van der Waals surface area contributed by atoms with Crippen LogP contribution < -0.4 is 16.0 Å². The topological polar surface area (TPSA) is 75.4 Å². The van der Waals surface area contributed by atoms with E-state index in [-0.39, 0.29) is 5.91 Å². The van der Waals surface area contributed by atoms with E-state index in [0.717, 1.165) is 11.3 Å². The Labute approximate surface area is 129 Å². The Morgan fingerprint density at radius 1 is 0.955 bits per heavy atom. The third-order valence-electron chi connectivity index (χ3n) is 3.34. The van der Waals surface area contributed by atoms with Crippen molar-refractivity contribution in [1.29, 1.82) is 0 Å². The number of nitrogens with zero attached hydrogens (tertiary/aromatic N) is 1.